The second-order valence-corrected chi connectivity index (χ2v) is 8.57. The van der Waals surface area contributed by atoms with E-state index in [2.05, 4.69) is 19.9 Å². The maximum atomic E-state index is 12.4. The smallest absolute Gasteiger partial charge is 0.139 e. The van der Waals surface area contributed by atoms with Crippen molar-refractivity contribution in [2.75, 3.05) is 0 Å². The standard InChI is InChI=1S/C19H28O2/c1-17-10-4-3-5-13(17)8-12-19(21)14-6-7-16(20)18(14,2)11-9-15(17)19/h8,14-15,21H,3-7,9-12H2,1-2H3/t14-,15-,17+,18+,19-/m1/s1. The molecule has 3 saturated carbocycles. The van der Waals surface area contributed by atoms with Gasteiger partial charge in [-0.1, -0.05) is 31.9 Å². The van der Waals surface area contributed by atoms with Gasteiger partial charge < -0.3 is 5.11 Å². The Labute approximate surface area is 128 Å². The van der Waals surface area contributed by atoms with Gasteiger partial charge in [0.15, 0.2) is 0 Å². The first-order chi connectivity index (χ1) is 9.91. The van der Waals surface area contributed by atoms with Gasteiger partial charge >= 0.3 is 0 Å². The first-order valence-electron chi connectivity index (χ1n) is 8.86. The van der Waals surface area contributed by atoms with E-state index in [-0.39, 0.29) is 16.7 Å². The van der Waals surface area contributed by atoms with E-state index in [1.165, 1.54) is 25.7 Å². The van der Waals surface area contributed by atoms with Crippen LogP contribution in [0.5, 0.6) is 0 Å². The summed E-state index contributed by atoms with van der Waals surface area (Å²) in [6.45, 7) is 4.52. The molecule has 116 valence electrons. The number of carbonyl (C=O) groups excluding carboxylic acids is 1. The molecule has 2 nitrogen and oxygen atoms in total. The zero-order valence-corrected chi connectivity index (χ0v) is 13.5. The molecule has 0 spiro atoms. The molecular weight excluding hydrogens is 260 g/mol. The van der Waals surface area contributed by atoms with Crippen LogP contribution in [0.15, 0.2) is 11.6 Å². The number of aliphatic hydroxyl groups is 1. The van der Waals surface area contributed by atoms with Gasteiger partial charge in [-0.3, -0.25) is 4.79 Å². The topological polar surface area (TPSA) is 37.3 Å². The van der Waals surface area contributed by atoms with Crippen molar-refractivity contribution in [2.24, 2.45) is 22.7 Å². The van der Waals surface area contributed by atoms with E-state index >= 15 is 0 Å². The first kappa shape index (κ1) is 14.0. The van der Waals surface area contributed by atoms with Gasteiger partial charge in [0.25, 0.3) is 0 Å². The Kier molecular flexibility index (Phi) is 2.81. The predicted octanol–water partition coefficient (Wildman–Crippen LogP) is 4.02. The Morgan fingerprint density at radius 1 is 1.05 bits per heavy atom. The summed E-state index contributed by atoms with van der Waals surface area (Å²) in [5.74, 6) is 0.963. The Bertz CT molecular complexity index is 522. The van der Waals surface area contributed by atoms with Crippen molar-refractivity contribution in [3.8, 4) is 0 Å². The highest BCUT2D eigenvalue weighted by Crippen LogP contribution is 2.65. The van der Waals surface area contributed by atoms with Gasteiger partial charge in [-0.15, -0.1) is 0 Å². The highest BCUT2D eigenvalue weighted by Gasteiger charge is 2.64. The molecule has 0 bridgehead atoms. The SMILES string of the molecule is C[C@]12CCCCC1=CC[C@]1(O)[C@@H]2CC[C@]2(C)C(=O)CC[C@@H]12. The lowest BCUT2D eigenvalue weighted by Gasteiger charge is -2.60. The van der Waals surface area contributed by atoms with E-state index in [9.17, 15) is 9.90 Å². The molecule has 0 amide bonds. The zero-order chi connectivity index (χ0) is 14.9. The van der Waals surface area contributed by atoms with Gasteiger partial charge in [-0.05, 0) is 56.3 Å². The average molecular weight is 288 g/mol. The molecule has 21 heavy (non-hydrogen) atoms. The van der Waals surface area contributed by atoms with Crippen LogP contribution in [0, 0.1) is 22.7 Å². The molecule has 4 aliphatic rings. The fourth-order valence-corrected chi connectivity index (χ4v) is 6.55. The normalized spacial score (nSPS) is 52.7. The summed E-state index contributed by atoms with van der Waals surface area (Å²) >= 11 is 0. The van der Waals surface area contributed by atoms with Crippen molar-refractivity contribution in [1.29, 1.82) is 0 Å². The van der Waals surface area contributed by atoms with E-state index in [1.807, 2.05) is 0 Å². The molecule has 0 heterocycles. The van der Waals surface area contributed by atoms with Crippen LogP contribution in [-0.2, 0) is 4.79 Å². The molecule has 4 rings (SSSR count). The average Bonchev–Trinajstić information content (AvgIpc) is 2.75. The van der Waals surface area contributed by atoms with E-state index in [0.717, 1.165) is 25.7 Å². The highest BCUT2D eigenvalue weighted by molar-refractivity contribution is 5.87. The number of rotatable bonds is 0. The number of ketones is 1. The van der Waals surface area contributed by atoms with Crippen molar-refractivity contribution in [1.82, 2.24) is 0 Å². The minimum atomic E-state index is -0.630. The molecule has 2 heteroatoms. The minimum absolute atomic E-state index is 0.188. The van der Waals surface area contributed by atoms with Crippen molar-refractivity contribution in [3.05, 3.63) is 11.6 Å². The Balaban J connectivity index is 1.78. The van der Waals surface area contributed by atoms with E-state index < -0.39 is 5.60 Å². The molecule has 0 aromatic rings. The third-order valence-electron chi connectivity index (χ3n) is 7.80. The maximum Gasteiger partial charge on any atom is 0.139 e. The van der Waals surface area contributed by atoms with Crippen LogP contribution in [0.25, 0.3) is 0 Å². The largest absolute Gasteiger partial charge is 0.389 e. The van der Waals surface area contributed by atoms with Gasteiger partial charge in [0.05, 0.1) is 5.60 Å². The number of fused-ring (bicyclic) bond motifs is 5. The molecule has 0 aromatic carbocycles. The molecule has 0 unspecified atom stereocenters. The number of allylic oxidation sites excluding steroid dienone is 1. The third kappa shape index (κ3) is 1.60. The van der Waals surface area contributed by atoms with E-state index in [0.29, 0.717) is 18.1 Å². The second-order valence-electron chi connectivity index (χ2n) is 8.57. The second kappa shape index (κ2) is 4.22. The Morgan fingerprint density at radius 3 is 2.62 bits per heavy atom. The third-order valence-corrected chi connectivity index (χ3v) is 7.80. The van der Waals surface area contributed by atoms with E-state index in [1.54, 1.807) is 5.57 Å². The summed E-state index contributed by atoms with van der Waals surface area (Å²) in [6, 6.07) is 0. The molecule has 1 N–H and O–H groups in total. The molecular formula is C19H28O2. The Morgan fingerprint density at radius 2 is 1.81 bits per heavy atom. The Hall–Kier alpha value is -0.630. The summed E-state index contributed by atoms with van der Waals surface area (Å²) in [5, 5.41) is 11.7. The lowest BCUT2D eigenvalue weighted by Crippen LogP contribution is -2.61. The van der Waals surface area contributed by atoms with Gasteiger partial charge in [0.1, 0.15) is 5.78 Å². The molecule has 3 fully saturated rings. The van der Waals surface area contributed by atoms with Gasteiger partial charge in [0, 0.05) is 17.8 Å². The van der Waals surface area contributed by atoms with Crippen LogP contribution in [0.1, 0.15) is 71.6 Å². The zero-order valence-electron chi connectivity index (χ0n) is 13.5. The van der Waals surface area contributed by atoms with Crippen molar-refractivity contribution in [3.63, 3.8) is 0 Å². The van der Waals surface area contributed by atoms with Crippen LogP contribution in [-0.4, -0.2) is 16.5 Å². The van der Waals surface area contributed by atoms with Crippen molar-refractivity contribution < 1.29 is 9.90 Å². The summed E-state index contributed by atoms with van der Waals surface area (Å²) in [7, 11) is 0. The molecule has 0 aromatic heterocycles. The van der Waals surface area contributed by atoms with Gasteiger partial charge in [-0.2, -0.15) is 0 Å². The van der Waals surface area contributed by atoms with Crippen LogP contribution in [0.3, 0.4) is 0 Å². The minimum Gasteiger partial charge on any atom is -0.389 e. The number of hydrogen-bond acceptors (Lipinski definition) is 2. The van der Waals surface area contributed by atoms with Crippen LogP contribution in [0.2, 0.25) is 0 Å². The molecule has 0 aliphatic heterocycles. The monoisotopic (exact) mass is 288 g/mol. The lowest BCUT2D eigenvalue weighted by molar-refractivity contribution is -0.175. The van der Waals surface area contributed by atoms with Crippen molar-refractivity contribution >= 4 is 5.78 Å². The fourth-order valence-electron chi connectivity index (χ4n) is 6.55. The maximum absolute atomic E-state index is 12.4. The van der Waals surface area contributed by atoms with Crippen LogP contribution < -0.4 is 0 Å². The van der Waals surface area contributed by atoms with Gasteiger partial charge in [-0.25, -0.2) is 0 Å². The summed E-state index contributed by atoms with van der Waals surface area (Å²) < 4.78 is 0. The first-order valence-corrected chi connectivity index (χ1v) is 8.86. The fraction of sp³-hybridized carbons (Fsp3) is 0.842. The predicted molar refractivity (Wildman–Crippen MR) is 82.8 cm³/mol. The summed E-state index contributed by atoms with van der Waals surface area (Å²) in [6.07, 6.45) is 11.8. The summed E-state index contributed by atoms with van der Waals surface area (Å²) in [4.78, 5) is 12.4. The molecule has 0 saturated heterocycles. The van der Waals surface area contributed by atoms with E-state index in [4.69, 9.17) is 0 Å². The van der Waals surface area contributed by atoms with Gasteiger partial charge in [0.2, 0.25) is 0 Å². The number of hydrogen-bond donors (Lipinski definition) is 1. The number of Topliss-reactive ketones (excluding diaryl/α,β-unsaturated/α-hetero) is 1. The molecule has 0 radical (unpaired) electrons. The van der Waals surface area contributed by atoms with Crippen LogP contribution in [0.4, 0.5) is 0 Å². The van der Waals surface area contributed by atoms with Crippen molar-refractivity contribution in [2.45, 2.75) is 77.2 Å². The highest BCUT2D eigenvalue weighted by atomic mass is 16.3. The number of carbonyl (C=O) groups is 1. The van der Waals surface area contributed by atoms with Crippen LogP contribution >= 0.6 is 0 Å². The quantitative estimate of drug-likeness (QED) is 0.683. The lowest BCUT2D eigenvalue weighted by atomic mass is 9.46. The molecule has 5 atom stereocenters. The summed E-state index contributed by atoms with van der Waals surface area (Å²) in [5.41, 5.74) is 0.922. The molecule has 4 aliphatic carbocycles.